The molecule has 0 amide bonds. The fourth-order valence-corrected chi connectivity index (χ4v) is 3.36. The Kier molecular flexibility index (Phi) is 2.84. The van der Waals surface area contributed by atoms with Crippen molar-refractivity contribution >= 4 is 38.6 Å². The van der Waals surface area contributed by atoms with E-state index in [-0.39, 0.29) is 9.94 Å². The number of hydrogen-bond acceptors (Lipinski definition) is 4. The highest BCUT2D eigenvalue weighted by molar-refractivity contribution is 7.97. The van der Waals surface area contributed by atoms with Gasteiger partial charge >= 0.3 is 0 Å². The zero-order chi connectivity index (χ0) is 12.6. The summed E-state index contributed by atoms with van der Waals surface area (Å²) in [6.07, 6.45) is 0.824. The first-order valence-corrected chi connectivity index (χ1v) is 6.47. The van der Waals surface area contributed by atoms with Gasteiger partial charge in [0.15, 0.2) is 0 Å². The van der Waals surface area contributed by atoms with Crippen molar-refractivity contribution in [2.24, 2.45) is 5.16 Å². The van der Waals surface area contributed by atoms with Crippen LogP contribution in [0.15, 0.2) is 34.3 Å². The Bertz CT molecular complexity index is 622. The third-order valence-electron chi connectivity index (χ3n) is 2.51. The van der Waals surface area contributed by atoms with E-state index in [2.05, 4.69) is 5.16 Å². The van der Waals surface area contributed by atoms with Crippen molar-refractivity contribution in [1.29, 1.82) is 0 Å². The summed E-state index contributed by atoms with van der Waals surface area (Å²) in [5.74, 6) is 0. The number of hydrogen-bond donors (Lipinski definition) is 1. The normalized spacial score (nSPS) is 18.6. The van der Waals surface area contributed by atoms with Crippen LogP contribution in [0.3, 0.4) is 0 Å². The van der Waals surface area contributed by atoms with Crippen LogP contribution in [0.1, 0.15) is 5.56 Å². The van der Waals surface area contributed by atoms with Crippen LogP contribution in [0.4, 0.5) is 5.69 Å². The molecule has 1 aromatic rings. The monoisotopic (exact) mass is 272 g/mol. The number of allylic oxidation sites excluding steroid dienone is 1. The standard InChI is InChI=1S/C10H9ClN2O3S/c1-13-8-5-3-2-4-7(8)10(11)9(6-12-14)17(13,15)16/h2-6,14H,1H3/b12-6+. The van der Waals surface area contributed by atoms with E-state index in [1.54, 1.807) is 24.3 Å². The molecule has 0 unspecified atom stereocenters. The molecule has 0 radical (unpaired) electrons. The molecule has 17 heavy (non-hydrogen) atoms. The lowest BCUT2D eigenvalue weighted by Crippen LogP contribution is -2.32. The van der Waals surface area contributed by atoms with Crippen molar-refractivity contribution in [3.8, 4) is 0 Å². The first kappa shape index (κ1) is 11.9. The number of sulfonamides is 1. The number of rotatable bonds is 1. The van der Waals surface area contributed by atoms with Crippen molar-refractivity contribution in [1.82, 2.24) is 0 Å². The van der Waals surface area contributed by atoms with Crippen LogP contribution in [-0.2, 0) is 10.0 Å². The second kappa shape index (κ2) is 4.05. The van der Waals surface area contributed by atoms with Crippen LogP contribution in [0, 0.1) is 0 Å². The van der Waals surface area contributed by atoms with E-state index < -0.39 is 10.0 Å². The summed E-state index contributed by atoms with van der Waals surface area (Å²) in [5, 5.41) is 11.3. The third kappa shape index (κ3) is 1.69. The molecule has 0 saturated heterocycles. The number of halogens is 1. The van der Waals surface area contributed by atoms with Gasteiger partial charge in [0.2, 0.25) is 0 Å². The fourth-order valence-electron chi connectivity index (χ4n) is 1.63. The summed E-state index contributed by atoms with van der Waals surface area (Å²) in [6, 6.07) is 6.83. The van der Waals surface area contributed by atoms with Gasteiger partial charge in [-0.25, -0.2) is 8.42 Å². The summed E-state index contributed by atoms with van der Waals surface area (Å²) in [4.78, 5) is -0.220. The van der Waals surface area contributed by atoms with Crippen molar-refractivity contribution in [2.45, 2.75) is 0 Å². The van der Waals surface area contributed by atoms with Gasteiger partial charge in [-0.3, -0.25) is 4.31 Å². The molecule has 0 bridgehead atoms. The molecular weight excluding hydrogens is 264 g/mol. The van der Waals surface area contributed by atoms with Gasteiger partial charge in [-0.2, -0.15) is 0 Å². The predicted molar refractivity (Wildman–Crippen MR) is 66.8 cm³/mol. The van der Waals surface area contributed by atoms with Crippen LogP contribution in [-0.4, -0.2) is 26.9 Å². The van der Waals surface area contributed by atoms with E-state index in [4.69, 9.17) is 16.8 Å². The molecular formula is C10H9ClN2O3S. The molecule has 1 aromatic carbocycles. The maximum Gasteiger partial charge on any atom is 0.267 e. The Morgan fingerprint density at radius 2 is 2.06 bits per heavy atom. The first-order chi connectivity index (χ1) is 8.00. The molecule has 0 aliphatic carbocycles. The molecule has 1 aliphatic rings. The fraction of sp³-hybridized carbons (Fsp3) is 0.100. The van der Waals surface area contributed by atoms with Gasteiger partial charge in [-0.15, -0.1) is 0 Å². The minimum absolute atomic E-state index is 0.0523. The average Bonchev–Trinajstić information content (AvgIpc) is 2.32. The largest absolute Gasteiger partial charge is 0.411 e. The predicted octanol–water partition coefficient (Wildman–Crippen LogP) is 1.83. The number of benzene rings is 1. The molecule has 0 atom stereocenters. The second-order valence-corrected chi connectivity index (χ2v) is 5.73. The highest BCUT2D eigenvalue weighted by Crippen LogP contribution is 2.39. The molecule has 5 nitrogen and oxygen atoms in total. The Morgan fingerprint density at radius 1 is 1.41 bits per heavy atom. The van der Waals surface area contributed by atoms with Crippen LogP contribution >= 0.6 is 11.6 Å². The molecule has 90 valence electrons. The SMILES string of the molecule is CN1c2ccccc2C(Cl)=C(/C=N/O)S1(=O)=O. The van der Waals surface area contributed by atoms with E-state index in [0.717, 1.165) is 10.5 Å². The van der Waals surface area contributed by atoms with Gasteiger partial charge in [0.25, 0.3) is 10.0 Å². The zero-order valence-electron chi connectivity index (χ0n) is 8.83. The lowest BCUT2D eigenvalue weighted by Gasteiger charge is -2.27. The molecule has 0 saturated carbocycles. The molecule has 0 fully saturated rings. The first-order valence-electron chi connectivity index (χ1n) is 4.65. The van der Waals surface area contributed by atoms with Crippen LogP contribution in [0.5, 0.6) is 0 Å². The summed E-state index contributed by atoms with van der Waals surface area (Å²) in [6.45, 7) is 0. The van der Waals surface area contributed by atoms with Gasteiger partial charge in [-0.1, -0.05) is 35.0 Å². The maximum absolute atomic E-state index is 12.1. The molecule has 0 spiro atoms. The van der Waals surface area contributed by atoms with Crippen molar-refractivity contribution in [3.63, 3.8) is 0 Å². The number of fused-ring (bicyclic) bond motifs is 1. The summed E-state index contributed by atoms with van der Waals surface area (Å²) in [7, 11) is -2.34. The summed E-state index contributed by atoms with van der Waals surface area (Å²) in [5.41, 5.74) is 1.08. The van der Waals surface area contributed by atoms with E-state index >= 15 is 0 Å². The summed E-state index contributed by atoms with van der Waals surface area (Å²) < 4.78 is 25.2. The smallest absolute Gasteiger partial charge is 0.267 e. The van der Waals surface area contributed by atoms with Gasteiger partial charge in [-0.05, 0) is 6.07 Å². The number of nitrogens with zero attached hydrogens (tertiary/aromatic N) is 2. The molecule has 2 rings (SSSR count). The quantitative estimate of drug-likeness (QED) is 0.482. The van der Waals surface area contributed by atoms with Crippen LogP contribution in [0.25, 0.3) is 5.03 Å². The van der Waals surface area contributed by atoms with E-state index in [0.29, 0.717) is 11.3 Å². The Hall–Kier alpha value is -1.53. The Balaban J connectivity index is 2.82. The van der Waals surface area contributed by atoms with Crippen LogP contribution in [0.2, 0.25) is 0 Å². The topological polar surface area (TPSA) is 70.0 Å². The molecule has 1 heterocycles. The minimum Gasteiger partial charge on any atom is -0.411 e. The van der Waals surface area contributed by atoms with Gasteiger partial charge in [0.1, 0.15) is 4.91 Å². The highest BCUT2D eigenvalue weighted by Gasteiger charge is 2.33. The molecule has 1 aliphatic heterocycles. The minimum atomic E-state index is -3.76. The van der Waals surface area contributed by atoms with Gasteiger partial charge in [0, 0.05) is 12.6 Å². The van der Waals surface area contributed by atoms with Gasteiger partial charge < -0.3 is 5.21 Å². The lowest BCUT2D eigenvalue weighted by atomic mass is 10.1. The molecule has 7 heteroatoms. The van der Waals surface area contributed by atoms with E-state index in [1.165, 1.54) is 7.05 Å². The Morgan fingerprint density at radius 3 is 2.71 bits per heavy atom. The van der Waals surface area contributed by atoms with E-state index in [1.807, 2.05) is 0 Å². The zero-order valence-corrected chi connectivity index (χ0v) is 10.4. The summed E-state index contributed by atoms with van der Waals surface area (Å²) >= 11 is 6.01. The number of anilines is 1. The van der Waals surface area contributed by atoms with Crippen molar-refractivity contribution < 1.29 is 13.6 Å². The van der Waals surface area contributed by atoms with E-state index in [9.17, 15) is 8.42 Å². The Labute approximate surface area is 104 Å². The lowest BCUT2D eigenvalue weighted by molar-refractivity contribution is 0.322. The van der Waals surface area contributed by atoms with Gasteiger partial charge in [0.05, 0.1) is 16.9 Å². The molecule has 0 aromatic heterocycles. The van der Waals surface area contributed by atoms with Crippen molar-refractivity contribution in [2.75, 3.05) is 11.4 Å². The molecule has 1 N–H and O–H groups in total. The number of oxime groups is 1. The third-order valence-corrected chi connectivity index (χ3v) is 4.81. The maximum atomic E-state index is 12.1. The van der Waals surface area contributed by atoms with Crippen LogP contribution < -0.4 is 4.31 Å². The number of para-hydroxylation sites is 1. The van der Waals surface area contributed by atoms with Crippen molar-refractivity contribution in [3.05, 3.63) is 34.7 Å². The average molecular weight is 273 g/mol. The highest BCUT2D eigenvalue weighted by atomic mass is 35.5. The second-order valence-electron chi connectivity index (χ2n) is 3.41.